The van der Waals surface area contributed by atoms with Crippen LogP contribution in [0.3, 0.4) is 0 Å². The Balaban J connectivity index is 0.00000450. The Labute approximate surface area is 195 Å². The molecule has 0 saturated carbocycles. The summed E-state index contributed by atoms with van der Waals surface area (Å²) in [5.41, 5.74) is 0.270. The van der Waals surface area contributed by atoms with Crippen molar-refractivity contribution in [1.82, 2.24) is 30.5 Å². The fraction of sp³-hybridized carbons (Fsp3) is 0.600. The molecule has 0 radical (unpaired) electrons. The fourth-order valence-electron chi connectivity index (χ4n) is 2.76. The minimum absolute atomic E-state index is 0. The minimum atomic E-state index is -0.522. The molecule has 2 heterocycles. The number of amides is 1. The van der Waals surface area contributed by atoms with Crippen LogP contribution < -0.4 is 16.0 Å². The Kier molecular flexibility index (Phi) is 10.8. The van der Waals surface area contributed by atoms with Crippen molar-refractivity contribution in [3.63, 3.8) is 0 Å². The number of rotatable bonds is 8. The molecular formula is C20H34IN7O2. The first-order chi connectivity index (χ1) is 13.8. The van der Waals surface area contributed by atoms with Gasteiger partial charge in [0.05, 0.1) is 0 Å². The molecule has 2 rings (SSSR count). The Morgan fingerprint density at radius 3 is 2.67 bits per heavy atom. The number of carbonyl (C=O) groups excluding carboxylic acids is 1. The second kappa shape index (κ2) is 12.6. The van der Waals surface area contributed by atoms with Gasteiger partial charge >= 0.3 is 6.09 Å². The number of halogens is 1. The van der Waals surface area contributed by atoms with E-state index in [1.165, 1.54) is 0 Å². The lowest BCUT2D eigenvalue weighted by Crippen LogP contribution is -2.48. The van der Waals surface area contributed by atoms with Crippen molar-refractivity contribution in [1.29, 1.82) is 0 Å². The van der Waals surface area contributed by atoms with Gasteiger partial charge in [-0.2, -0.15) is 0 Å². The number of aliphatic imine (C=N–C) groups is 1. The number of pyridine rings is 1. The SMILES string of the molecule is CCCC(CNC(=NCc1nnc2ccccn12)NCC)NC(=O)OC(C)(C)C.I. The maximum absolute atomic E-state index is 12.1. The zero-order chi connectivity index (χ0) is 21.3. The van der Waals surface area contributed by atoms with Crippen molar-refractivity contribution in [2.24, 2.45) is 4.99 Å². The Hall–Kier alpha value is -2.11. The van der Waals surface area contributed by atoms with Gasteiger partial charge in [0.15, 0.2) is 17.4 Å². The summed E-state index contributed by atoms with van der Waals surface area (Å²) in [6, 6.07) is 5.70. The minimum Gasteiger partial charge on any atom is -0.444 e. The monoisotopic (exact) mass is 531 g/mol. The molecule has 0 spiro atoms. The normalized spacial score (nSPS) is 12.8. The van der Waals surface area contributed by atoms with Crippen molar-refractivity contribution in [2.45, 2.75) is 65.6 Å². The van der Waals surface area contributed by atoms with Crippen LogP contribution in [0.15, 0.2) is 29.4 Å². The topological polar surface area (TPSA) is 105 Å². The van der Waals surface area contributed by atoms with E-state index in [0.717, 1.165) is 30.9 Å². The molecule has 10 heteroatoms. The van der Waals surface area contributed by atoms with Gasteiger partial charge in [-0.15, -0.1) is 34.2 Å². The smallest absolute Gasteiger partial charge is 0.407 e. The van der Waals surface area contributed by atoms with Crippen molar-refractivity contribution in [3.05, 3.63) is 30.2 Å². The molecule has 3 N–H and O–H groups in total. The molecule has 9 nitrogen and oxygen atoms in total. The van der Waals surface area contributed by atoms with Crippen LogP contribution in [-0.4, -0.2) is 51.4 Å². The predicted molar refractivity (Wildman–Crippen MR) is 129 cm³/mol. The Bertz CT molecular complexity index is 817. The van der Waals surface area contributed by atoms with Crippen LogP contribution in [0.4, 0.5) is 4.79 Å². The van der Waals surface area contributed by atoms with Crippen molar-refractivity contribution < 1.29 is 9.53 Å². The number of nitrogens with zero attached hydrogens (tertiary/aromatic N) is 4. The lowest BCUT2D eigenvalue weighted by molar-refractivity contribution is 0.0502. The highest BCUT2D eigenvalue weighted by Crippen LogP contribution is 2.08. The molecule has 1 atom stereocenters. The van der Waals surface area contributed by atoms with Gasteiger partial charge in [-0.25, -0.2) is 9.79 Å². The molecule has 0 aliphatic carbocycles. The third-order valence-electron chi connectivity index (χ3n) is 3.98. The lowest BCUT2D eigenvalue weighted by atomic mass is 10.1. The Morgan fingerprint density at radius 2 is 2.00 bits per heavy atom. The van der Waals surface area contributed by atoms with E-state index in [4.69, 9.17) is 4.74 Å². The van der Waals surface area contributed by atoms with Gasteiger partial charge in [-0.05, 0) is 46.2 Å². The summed E-state index contributed by atoms with van der Waals surface area (Å²) in [5, 5.41) is 17.8. The van der Waals surface area contributed by atoms with Gasteiger partial charge in [-0.3, -0.25) is 4.40 Å². The summed E-state index contributed by atoms with van der Waals surface area (Å²) in [4.78, 5) is 16.7. The summed E-state index contributed by atoms with van der Waals surface area (Å²) in [6.45, 7) is 11.3. The number of alkyl carbamates (subject to hydrolysis) is 1. The quantitative estimate of drug-likeness (QED) is 0.275. The molecule has 0 aromatic carbocycles. The molecule has 30 heavy (non-hydrogen) atoms. The van der Waals surface area contributed by atoms with E-state index in [0.29, 0.717) is 19.0 Å². The molecular weight excluding hydrogens is 497 g/mol. The molecule has 2 aromatic heterocycles. The van der Waals surface area contributed by atoms with Crippen LogP contribution >= 0.6 is 24.0 Å². The molecule has 1 amide bonds. The first-order valence-corrected chi connectivity index (χ1v) is 10.1. The van der Waals surface area contributed by atoms with Crippen molar-refractivity contribution >= 4 is 41.7 Å². The lowest BCUT2D eigenvalue weighted by Gasteiger charge is -2.24. The standard InChI is InChI=1S/C20H33N7O2.HI/c1-6-10-15(24-19(28)29-20(3,4)5)13-22-18(21-7-2)23-14-17-26-25-16-11-8-9-12-27(16)17;/h8-9,11-12,15H,6-7,10,13-14H2,1-5H3,(H,24,28)(H2,21,22,23);1H. The van der Waals surface area contributed by atoms with Gasteiger partial charge in [0.25, 0.3) is 0 Å². The number of nitrogens with one attached hydrogen (secondary N) is 3. The van der Waals surface area contributed by atoms with Crippen LogP contribution in [-0.2, 0) is 11.3 Å². The van der Waals surface area contributed by atoms with Gasteiger partial charge in [-0.1, -0.05) is 19.4 Å². The summed E-state index contributed by atoms with van der Waals surface area (Å²) >= 11 is 0. The molecule has 2 aromatic rings. The van der Waals surface area contributed by atoms with E-state index >= 15 is 0 Å². The molecule has 0 fully saturated rings. The molecule has 0 bridgehead atoms. The molecule has 0 aliphatic heterocycles. The van der Waals surface area contributed by atoms with E-state index in [1.807, 2.05) is 56.5 Å². The van der Waals surface area contributed by atoms with E-state index in [-0.39, 0.29) is 30.0 Å². The van der Waals surface area contributed by atoms with Gasteiger partial charge < -0.3 is 20.7 Å². The zero-order valence-corrected chi connectivity index (χ0v) is 20.8. The Morgan fingerprint density at radius 1 is 1.23 bits per heavy atom. The largest absolute Gasteiger partial charge is 0.444 e. The van der Waals surface area contributed by atoms with Crippen LogP contribution in [0.25, 0.3) is 5.65 Å². The highest BCUT2D eigenvalue weighted by Gasteiger charge is 2.19. The molecule has 0 aliphatic rings. The first kappa shape index (κ1) is 25.9. The number of hydrogen-bond donors (Lipinski definition) is 3. The average Bonchev–Trinajstić information content (AvgIpc) is 3.05. The number of guanidine groups is 1. The average molecular weight is 531 g/mol. The van der Waals surface area contributed by atoms with E-state index in [2.05, 4.69) is 38.1 Å². The fourth-order valence-corrected chi connectivity index (χ4v) is 2.76. The zero-order valence-electron chi connectivity index (χ0n) is 18.4. The highest BCUT2D eigenvalue weighted by molar-refractivity contribution is 14.0. The van der Waals surface area contributed by atoms with Crippen LogP contribution in [0, 0.1) is 0 Å². The van der Waals surface area contributed by atoms with E-state index < -0.39 is 11.7 Å². The maximum Gasteiger partial charge on any atom is 0.407 e. The van der Waals surface area contributed by atoms with Crippen molar-refractivity contribution in [3.8, 4) is 0 Å². The maximum atomic E-state index is 12.1. The highest BCUT2D eigenvalue weighted by atomic mass is 127. The number of aromatic nitrogens is 3. The van der Waals surface area contributed by atoms with E-state index in [9.17, 15) is 4.79 Å². The van der Waals surface area contributed by atoms with E-state index in [1.54, 1.807) is 0 Å². The second-order valence-electron chi connectivity index (χ2n) is 7.75. The summed E-state index contributed by atoms with van der Waals surface area (Å²) in [7, 11) is 0. The number of hydrogen-bond acceptors (Lipinski definition) is 5. The number of carbonyl (C=O) groups is 1. The van der Waals surface area contributed by atoms with Crippen molar-refractivity contribution in [2.75, 3.05) is 13.1 Å². The van der Waals surface area contributed by atoms with Crippen LogP contribution in [0.1, 0.15) is 53.3 Å². The second-order valence-corrected chi connectivity index (χ2v) is 7.75. The summed E-state index contributed by atoms with van der Waals surface area (Å²) in [5.74, 6) is 1.42. The first-order valence-electron chi connectivity index (χ1n) is 10.1. The van der Waals surface area contributed by atoms with Crippen LogP contribution in [0.2, 0.25) is 0 Å². The summed E-state index contributed by atoms with van der Waals surface area (Å²) in [6.07, 6.45) is 3.29. The predicted octanol–water partition coefficient (Wildman–Crippen LogP) is 3.10. The van der Waals surface area contributed by atoms with Gasteiger partial charge in [0.2, 0.25) is 0 Å². The van der Waals surface area contributed by atoms with Crippen LogP contribution in [0.5, 0.6) is 0 Å². The molecule has 1 unspecified atom stereocenters. The number of ether oxygens (including phenoxy) is 1. The summed E-state index contributed by atoms with van der Waals surface area (Å²) < 4.78 is 7.28. The molecule has 168 valence electrons. The number of fused-ring (bicyclic) bond motifs is 1. The van der Waals surface area contributed by atoms with Gasteiger partial charge in [0, 0.05) is 25.3 Å². The molecule has 0 saturated heterocycles. The van der Waals surface area contributed by atoms with Gasteiger partial charge in [0.1, 0.15) is 12.1 Å². The third-order valence-corrected chi connectivity index (χ3v) is 3.98. The third kappa shape index (κ3) is 8.72.